The molecule has 0 radical (unpaired) electrons. The predicted molar refractivity (Wildman–Crippen MR) is 67.2 cm³/mol. The summed E-state index contributed by atoms with van der Waals surface area (Å²) in [6, 6.07) is 0. The van der Waals surface area contributed by atoms with Crippen molar-refractivity contribution in [3.63, 3.8) is 0 Å². The number of rotatable bonds is 7. The fourth-order valence-corrected chi connectivity index (χ4v) is 1.61. The van der Waals surface area contributed by atoms with E-state index in [1.54, 1.807) is 0 Å². The summed E-state index contributed by atoms with van der Waals surface area (Å²) in [7, 11) is 0. The van der Waals surface area contributed by atoms with E-state index in [1.165, 1.54) is 11.1 Å². The number of allylic oxidation sites excluding steroid dienone is 3. The molecule has 18 heavy (non-hydrogen) atoms. The van der Waals surface area contributed by atoms with Crippen LogP contribution in [0.1, 0.15) is 26.2 Å². The zero-order valence-electron chi connectivity index (χ0n) is 10.6. The van der Waals surface area contributed by atoms with Crippen LogP contribution in [0.15, 0.2) is 23.3 Å². The molecule has 0 bridgehead atoms. The highest BCUT2D eigenvalue weighted by molar-refractivity contribution is 5.73. The number of esters is 1. The molecule has 0 atom stereocenters. The number of nitrogens with one attached hydrogen (secondary N) is 1. The summed E-state index contributed by atoms with van der Waals surface area (Å²) < 4.78 is 5.00. The van der Waals surface area contributed by atoms with Gasteiger partial charge in [0.25, 0.3) is 0 Å². The van der Waals surface area contributed by atoms with E-state index in [0.717, 1.165) is 19.3 Å². The van der Waals surface area contributed by atoms with Crippen molar-refractivity contribution in [2.45, 2.75) is 26.2 Å². The third-order valence-corrected chi connectivity index (χ3v) is 2.68. The Morgan fingerprint density at radius 3 is 2.72 bits per heavy atom. The zero-order chi connectivity index (χ0) is 13.4. The van der Waals surface area contributed by atoms with Crippen LogP contribution >= 0.6 is 0 Å². The molecule has 0 unspecified atom stereocenters. The molecule has 1 rings (SSSR count). The van der Waals surface area contributed by atoms with Gasteiger partial charge in [0.05, 0.1) is 19.7 Å². The molecule has 0 aromatic rings. The minimum atomic E-state index is -0.989. The van der Waals surface area contributed by atoms with Crippen molar-refractivity contribution in [2.75, 3.05) is 19.7 Å². The highest BCUT2D eigenvalue weighted by Crippen LogP contribution is 2.19. The van der Waals surface area contributed by atoms with Crippen molar-refractivity contribution in [3.05, 3.63) is 23.3 Å². The number of hydrogen-bond acceptors (Lipinski definition) is 4. The van der Waals surface area contributed by atoms with Crippen molar-refractivity contribution < 1.29 is 19.4 Å². The molecule has 1 aliphatic rings. The molecule has 100 valence electrons. The van der Waals surface area contributed by atoms with Crippen LogP contribution in [-0.4, -0.2) is 36.7 Å². The van der Waals surface area contributed by atoms with E-state index in [1.807, 2.05) is 0 Å². The quantitative estimate of drug-likeness (QED) is 0.668. The lowest BCUT2D eigenvalue weighted by Crippen LogP contribution is -2.29. The number of hydrogen-bond donors (Lipinski definition) is 2. The van der Waals surface area contributed by atoms with Crippen molar-refractivity contribution in [1.82, 2.24) is 5.32 Å². The van der Waals surface area contributed by atoms with Crippen molar-refractivity contribution >= 4 is 11.9 Å². The van der Waals surface area contributed by atoms with Crippen LogP contribution in [0.3, 0.4) is 0 Å². The van der Waals surface area contributed by atoms with Crippen LogP contribution in [0.2, 0.25) is 0 Å². The van der Waals surface area contributed by atoms with E-state index in [2.05, 4.69) is 24.4 Å². The maximum absolute atomic E-state index is 11.2. The van der Waals surface area contributed by atoms with Crippen molar-refractivity contribution in [2.24, 2.45) is 0 Å². The molecule has 0 heterocycles. The number of carbonyl (C=O) groups is 2. The van der Waals surface area contributed by atoms with Gasteiger partial charge in [-0.2, -0.15) is 0 Å². The summed E-state index contributed by atoms with van der Waals surface area (Å²) >= 11 is 0. The molecule has 0 aliphatic heterocycles. The van der Waals surface area contributed by atoms with Crippen LogP contribution in [0, 0.1) is 0 Å². The fourth-order valence-electron chi connectivity index (χ4n) is 1.61. The zero-order valence-corrected chi connectivity index (χ0v) is 10.6. The van der Waals surface area contributed by atoms with E-state index in [4.69, 9.17) is 9.84 Å². The topological polar surface area (TPSA) is 75.6 Å². The summed E-state index contributed by atoms with van der Waals surface area (Å²) in [5, 5.41) is 10.8. The van der Waals surface area contributed by atoms with Crippen LogP contribution in [0.4, 0.5) is 0 Å². The van der Waals surface area contributed by atoms with Crippen LogP contribution in [-0.2, 0) is 14.3 Å². The van der Waals surface area contributed by atoms with E-state index in [-0.39, 0.29) is 13.1 Å². The predicted octanol–water partition coefficient (Wildman–Crippen LogP) is 1.26. The highest BCUT2D eigenvalue weighted by atomic mass is 16.5. The van der Waals surface area contributed by atoms with Gasteiger partial charge in [0.15, 0.2) is 0 Å². The second-order valence-corrected chi connectivity index (χ2v) is 4.31. The van der Waals surface area contributed by atoms with Gasteiger partial charge >= 0.3 is 11.9 Å². The normalized spacial score (nSPS) is 14.7. The van der Waals surface area contributed by atoms with Gasteiger partial charge in [0, 0.05) is 6.42 Å². The molecule has 1 aliphatic carbocycles. The Kier molecular flexibility index (Phi) is 6.14. The van der Waals surface area contributed by atoms with Crippen molar-refractivity contribution in [1.29, 1.82) is 0 Å². The Morgan fingerprint density at radius 2 is 2.11 bits per heavy atom. The fraction of sp³-hybridized carbons (Fsp3) is 0.538. The number of carboxylic acids is 1. The molecule has 0 saturated heterocycles. The molecular weight excluding hydrogens is 234 g/mol. The Morgan fingerprint density at radius 1 is 1.33 bits per heavy atom. The molecular formula is C13H19NO4. The number of aliphatic carboxylic acids is 1. The van der Waals surface area contributed by atoms with Gasteiger partial charge in [-0.15, -0.1) is 0 Å². The van der Waals surface area contributed by atoms with Crippen molar-refractivity contribution in [3.8, 4) is 0 Å². The Balaban J connectivity index is 2.10. The molecule has 5 nitrogen and oxygen atoms in total. The van der Waals surface area contributed by atoms with Crippen LogP contribution in [0.25, 0.3) is 0 Å². The average Bonchev–Trinajstić information content (AvgIpc) is 2.31. The first kappa shape index (κ1) is 14.4. The molecule has 0 spiro atoms. The summed E-state index contributed by atoms with van der Waals surface area (Å²) in [5.74, 6) is -1.41. The highest BCUT2D eigenvalue weighted by Gasteiger charge is 2.06. The number of carbonyl (C=O) groups excluding carboxylic acids is 1. The number of ether oxygens (including phenoxy) is 1. The minimum Gasteiger partial charge on any atom is -0.480 e. The van der Waals surface area contributed by atoms with Gasteiger partial charge in [-0.3, -0.25) is 14.9 Å². The second-order valence-electron chi connectivity index (χ2n) is 4.31. The lowest BCUT2D eigenvalue weighted by Gasteiger charge is -2.12. The summed E-state index contributed by atoms with van der Waals surface area (Å²) in [6.07, 6.45) is 7.01. The SMILES string of the molecule is CC1=CC=C(CCOC(=O)CNCC(=O)O)CC1. The smallest absolute Gasteiger partial charge is 0.319 e. The first-order valence-electron chi connectivity index (χ1n) is 6.01. The van der Waals surface area contributed by atoms with Crippen LogP contribution in [0.5, 0.6) is 0 Å². The Labute approximate surface area is 107 Å². The van der Waals surface area contributed by atoms with Gasteiger partial charge in [-0.25, -0.2) is 0 Å². The summed E-state index contributed by atoms with van der Waals surface area (Å²) in [4.78, 5) is 21.4. The Hall–Kier alpha value is -1.62. The van der Waals surface area contributed by atoms with E-state index in [0.29, 0.717) is 6.61 Å². The molecule has 2 N–H and O–H groups in total. The molecule has 0 fully saturated rings. The van der Waals surface area contributed by atoms with Gasteiger partial charge in [0.1, 0.15) is 0 Å². The third-order valence-electron chi connectivity index (χ3n) is 2.68. The third kappa shape index (κ3) is 6.20. The first-order valence-corrected chi connectivity index (χ1v) is 6.01. The van der Waals surface area contributed by atoms with Gasteiger partial charge in [-0.05, 0) is 19.8 Å². The minimum absolute atomic E-state index is 0.0651. The summed E-state index contributed by atoms with van der Waals surface area (Å²) in [5.41, 5.74) is 2.65. The standard InChI is InChI=1S/C13H19NO4/c1-10-2-4-11(5-3-10)6-7-18-13(17)9-14-8-12(15)16/h2,4,14H,3,5-9H2,1H3,(H,15,16). The lowest BCUT2D eigenvalue weighted by molar-refractivity contribution is -0.142. The molecule has 0 aromatic heterocycles. The Bertz CT molecular complexity index is 371. The van der Waals surface area contributed by atoms with Gasteiger partial charge in [-0.1, -0.05) is 23.3 Å². The summed E-state index contributed by atoms with van der Waals surface area (Å²) in [6.45, 7) is 2.16. The molecule has 0 aromatic carbocycles. The monoisotopic (exact) mass is 253 g/mol. The molecule has 5 heteroatoms. The van der Waals surface area contributed by atoms with E-state index < -0.39 is 11.9 Å². The lowest BCUT2D eigenvalue weighted by atomic mass is 9.98. The average molecular weight is 253 g/mol. The second kappa shape index (κ2) is 7.66. The van der Waals surface area contributed by atoms with Gasteiger partial charge < -0.3 is 9.84 Å². The van der Waals surface area contributed by atoms with E-state index in [9.17, 15) is 9.59 Å². The van der Waals surface area contributed by atoms with E-state index >= 15 is 0 Å². The van der Waals surface area contributed by atoms with Gasteiger partial charge in [0.2, 0.25) is 0 Å². The first-order chi connectivity index (χ1) is 8.58. The van der Waals surface area contributed by atoms with Crippen LogP contribution < -0.4 is 5.32 Å². The maximum Gasteiger partial charge on any atom is 0.319 e. The molecule has 0 saturated carbocycles. The number of carboxylic acid groups (broad SMARTS) is 1. The molecule has 0 amide bonds. The maximum atomic E-state index is 11.2. The largest absolute Gasteiger partial charge is 0.480 e.